The zero-order valence-corrected chi connectivity index (χ0v) is 26.0. The first kappa shape index (κ1) is 34.0. The van der Waals surface area contributed by atoms with Crippen molar-refractivity contribution in [2.24, 2.45) is 5.92 Å². The molecule has 2 amide bonds. The standard InChI is InChI=1S/C33H43F2NO7/c1-21-28(40-20-22-12-9-8-10-13-22)24(18-23-16-17-25(34)19-26(23)35)14-11-15-27(29(37)41-21)36(30(38)42-32(2,3)4)31(39)43-33(5,6)7/h8-10,12-13,16-17,19,21,24,27-28H,11,14-15,18,20H2,1-7H3/t21-,24+,27-,28-/m0/s1. The van der Waals surface area contributed by atoms with Crippen LogP contribution in [0, 0.1) is 17.6 Å². The van der Waals surface area contributed by atoms with E-state index in [4.69, 9.17) is 18.9 Å². The molecule has 1 aliphatic heterocycles. The number of carbonyl (C=O) groups excluding carboxylic acids is 3. The van der Waals surface area contributed by atoms with Gasteiger partial charge < -0.3 is 18.9 Å². The summed E-state index contributed by atoms with van der Waals surface area (Å²) in [6.07, 6.45) is -2.54. The lowest BCUT2D eigenvalue weighted by atomic mass is 9.86. The molecule has 0 unspecified atom stereocenters. The van der Waals surface area contributed by atoms with Crippen LogP contribution in [0.1, 0.15) is 78.9 Å². The summed E-state index contributed by atoms with van der Waals surface area (Å²) in [6, 6.07) is 11.5. The summed E-state index contributed by atoms with van der Waals surface area (Å²) in [6.45, 7) is 11.8. The maximum Gasteiger partial charge on any atom is 0.420 e. The number of rotatable bonds is 6. The van der Waals surface area contributed by atoms with Crippen molar-refractivity contribution in [2.75, 3.05) is 0 Å². The van der Waals surface area contributed by atoms with E-state index in [1.807, 2.05) is 30.3 Å². The lowest BCUT2D eigenvalue weighted by molar-refractivity contribution is -0.165. The quantitative estimate of drug-likeness (QED) is 0.252. The van der Waals surface area contributed by atoms with Gasteiger partial charge in [-0.25, -0.2) is 23.2 Å². The summed E-state index contributed by atoms with van der Waals surface area (Å²) in [5, 5.41) is 0. The van der Waals surface area contributed by atoms with Crippen molar-refractivity contribution < 1.29 is 42.1 Å². The van der Waals surface area contributed by atoms with E-state index in [0.717, 1.165) is 11.6 Å². The lowest BCUT2D eigenvalue weighted by Crippen LogP contribution is -2.53. The van der Waals surface area contributed by atoms with Crippen molar-refractivity contribution >= 4 is 18.2 Å². The van der Waals surface area contributed by atoms with E-state index < -0.39 is 59.2 Å². The molecule has 8 nitrogen and oxygen atoms in total. The highest BCUT2D eigenvalue weighted by Gasteiger charge is 2.43. The maximum absolute atomic E-state index is 14.7. The Morgan fingerprint density at radius 1 is 0.930 bits per heavy atom. The molecule has 1 heterocycles. The molecular weight excluding hydrogens is 560 g/mol. The largest absolute Gasteiger partial charge is 0.458 e. The molecule has 236 valence electrons. The number of hydrogen-bond donors (Lipinski definition) is 0. The maximum atomic E-state index is 14.7. The van der Waals surface area contributed by atoms with E-state index in [9.17, 15) is 23.2 Å². The van der Waals surface area contributed by atoms with Gasteiger partial charge in [-0.1, -0.05) is 42.8 Å². The molecule has 43 heavy (non-hydrogen) atoms. The average molecular weight is 604 g/mol. The Bertz CT molecular complexity index is 1230. The molecule has 0 N–H and O–H groups in total. The van der Waals surface area contributed by atoms with Crippen LogP contribution >= 0.6 is 0 Å². The summed E-state index contributed by atoms with van der Waals surface area (Å²) >= 11 is 0. The van der Waals surface area contributed by atoms with Crippen LogP contribution in [0.4, 0.5) is 18.4 Å². The van der Waals surface area contributed by atoms with Crippen LogP contribution in [0.2, 0.25) is 0 Å². The Hall–Kier alpha value is -3.53. The fraction of sp³-hybridized carbons (Fsp3) is 0.545. The average Bonchev–Trinajstić information content (AvgIpc) is 2.92. The van der Waals surface area contributed by atoms with Crippen molar-refractivity contribution in [3.63, 3.8) is 0 Å². The topological polar surface area (TPSA) is 91.4 Å². The second-order valence-corrected chi connectivity index (χ2v) is 12.9. The van der Waals surface area contributed by atoms with Crippen LogP contribution in [-0.4, -0.2) is 52.5 Å². The van der Waals surface area contributed by atoms with Crippen LogP contribution in [0.3, 0.4) is 0 Å². The van der Waals surface area contributed by atoms with Crippen molar-refractivity contribution in [3.05, 3.63) is 71.3 Å². The van der Waals surface area contributed by atoms with Crippen LogP contribution in [0.25, 0.3) is 0 Å². The zero-order chi connectivity index (χ0) is 31.9. The third kappa shape index (κ3) is 10.3. The van der Waals surface area contributed by atoms with Gasteiger partial charge in [-0.15, -0.1) is 0 Å². The third-order valence-electron chi connectivity index (χ3n) is 6.83. The van der Waals surface area contributed by atoms with E-state index in [1.165, 1.54) is 12.1 Å². The minimum Gasteiger partial charge on any atom is -0.458 e. The van der Waals surface area contributed by atoms with Gasteiger partial charge in [0, 0.05) is 6.07 Å². The van der Waals surface area contributed by atoms with Gasteiger partial charge in [-0.05, 0) is 90.8 Å². The molecule has 1 saturated heterocycles. The van der Waals surface area contributed by atoms with Crippen molar-refractivity contribution in [2.45, 2.75) is 110 Å². The summed E-state index contributed by atoms with van der Waals surface area (Å²) in [7, 11) is 0. The molecule has 0 radical (unpaired) electrons. The van der Waals surface area contributed by atoms with Gasteiger partial charge in [-0.2, -0.15) is 4.90 Å². The van der Waals surface area contributed by atoms with Gasteiger partial charge >= 0.3 is 18.2 Å². The van der Waals surface area contributed by atoms with Gasteiger partial charge in [0.2, 0.25) is 0 Å². The minimum absolute atomic E-state index is 0.0534. The first-order chi connectivity index (χ1) is 20.0. The molecule has 0 saturated carbocycles. The number of imide groups is 1. The Morgan fingerprint density at radius 3 is 2.09 bits per heavy atom. The SMILES string of the molecule is C[C@@H]1OC(=O)[C@@H](N(C(=O)OC(C)(C)C)C(=O)OC(C)(C)C)CCC[C@H](Cc2ccc(F)cc2F)[C@H]1OCc1ccccc1. The summed E-state index contributed by atoms with van der Waals surface area (Å²) in [5.74, 6) is -2.51. The summed E-state index contributed by atoms with van der Waals surface area (Å²) in [5.41, 5.74) is -0.703. The normalized spacial score (nSPS) is 21.6. The fourth-order valence-corrected chi connectivity index (χ4v) is 4.98. The molecule has 2 aromatic carbocycles. The molecule has 2 aromatic rings. The molecule has 1 fully saturated rings. The van der Waals surface area contributed by atoms with Gasteiger partial charge in [0.05, 0.1) is 12.7 Å². The van der Waals surface area contributed by atoms with Gasteiger partial charge in [-0.3, -0.25) is 0 Å². The fourth-order valence-electron chi connectivity index (χ4n) is 4.98. The van der Waals surface area contributed by atoms with Crippen LogP contribution in [0.15, 0.2) is 48.5 Å². The van der Waals surface area contributed by atoms with Crippen molar-refractivity contribution in [1.82, 2.24) is 4.90 Å². The van der Waals surface area contributed by atoms with Crippen LogP contribution < -0.4 is 0 Å². The first-order valence-corrected chi connectivity index (χ1v) is 14.6. The number of cyclic esters (lactones) is 1. The number of nitrogens with zero attached hydrogens (tertiary/aromatic N) is 1. The van der Waals surface area contributed by atoms with Crippen molar-refractivity contribution in [1.29, 1.82) is 0 Å². The molecule has 0 aliphatic carbocycles. The minimum atomic E-state index is -1.33. The highest BCUT2D eigenvalue weighted by molar-refractivity contribution is 5.94. The van der Waals surface area contributed by atoms with E-state index >= 15 is 0 Å². The van der Waals surface area contributed by atoms with Crippen LogP contribution in [0.5, 0.6) is 0 Å². The van der Waals surface area contributed by atoms with E-state index in [2.05, 4.69) is 0 Å². The monoisotopic (exact) mass is 603 g/mol. The molecule has 3 rings (SSSR count). The zero-order valence-electron chi connectivity index (χ0n) is 26.0. The number of halogens is 2. The van der Waals surface area contributed by atoms with Gasteiger partial charge in [0.15, 0.2) is 0 Å². The number of esters is 1. The molecule has 0 spiro atoms. The second kappa shape index (κ2) is 14.3. The Morgan fingerprint density at radius 2 is 1.53 bits per heavy atom. The molecule has 0 bridgehead atoms. The number of benzene rings is 2. The van der Waals surface area contributed by atoms with E-state index in [0.29, 0.717) is 23.3 Å². The first-order valence-electron chi connectivity index (χ1n) is 14.6. The van der Waals surface area contributed by atoms with Crippen molar-refractivity contribution in [3.8, 4) is 0 Å². The number of ether oxygens (including phenoxy) is 4. The van der Waals surface area contributed by atoms with Crippen LogP contribution in [-0.2, 0) is 36.8 Å². The highest BCUT2D eigenvalue weighted by Crippen LogP contribution is 2.31. The number of amides is 2. The number of hydrogen-bond acceptors (Lipinski definition) is 7. The molecule has 4 atom stereocenters. The van der Waals surface area contributed by atoms with Gasteiger partial charge in [0.1, 0.15) is 35.0 Å². The third-order valence-corrected chi connectivity index (χ3v) is 6.83. The second-order valence-electron chi connectivity index (χ2n) is 12.9. The highest BCUT2D eigenvalue weighted by atomic mass is 19.1. The Labute approximate surface area is 252 Å². The smallest absolute Gasteiger partial charge is 0.420 e. The Kier molecular flexibility index (Phi) is 11.3. The Balaban J connectivity index is 1.95. The van der Waals surface area contributed by atoms with E-state index in [1.54, 1.807) is 48.5 Å². The predicted molar refractivity (Wildman–Crippen MR) is 156 cm³/mol. The summed E-state index contributed by atoms with van der Waals surface area (Å²) in [4.78, 5) is 40.9. The van der Waals surface area contributed by atoms with E-state index in [-0.39, 0.29) is 25.4 Å². The lowest BCUT2D eigenvalue weighted by Gasteiger charge is -2.33. The molecular formula is C33H43F2NO7. The molecule has 0 aromatic heterocycles. The predicted octanol–water partition coefficient (Wildman–Crippen LogP) is 7.37. The number of carbonyl (C=O) groups is 3. The summed E-state index contributed by atoms with van der Waals surface area (Å²) < 4.78 is 51.5. The van der Waals surface area contributed by atoms with Gasteiger partial charge in [0.25, 0.3) is 0 Å². The molecule has 1 aliphatic rings. The molecule has 10 heteroatoms.